The zero-order valence-corrected chi connectivity index (χ0v) is 14.7. The average molecular weight is 354 g/mol. The van der Waals surface area contributed by atoms with Gasteiger partial charge in [-0.05, 0) is 31.5 Å². The molecular weight excluding hydrogens is 332 g/mol. The summed E-state index contributed by atoms with van der Waals surface area (Å²) in [4.78, 5) is 12.2. The number of carbonyl (C=O) groups is 1. The first-order valence-corrected chi connectivity index (χ1v) is 8.56. The second kappa shape index (κ2) is 8.80. The molecule has 136 valence electrons. The van der Waals surface area contributed by atoms with E-state index < -0.39 is 6.04 Å². The van der Waals surface area contributed by atoms with Gasteiger partial charge in [0, 0.05) is 25.5 Å². The molecule has 0 fully saturated rings. The van der Waals surface area contributed by atoms with Crippen LogP contribution >= 0.6 is 0 Å². The second-order valence-corrected chi connectivity index (χ2v) is 5.88. The normalized spacial score (nSPS) is 11.9. The minimum absolute atomic E-state index is 0.0918. The van der Waals surface area contributed by atoms with Crippen molar-refractivity contribution in [2.24, 2.45) is 0 Å². The number of carbonyl (C=O) groups excluding carboxylic acids is 1. The first-order chi connectivity index (χ1) is 12.7. The van der Waals surface area contributed by atoms with Gasteiger partial charge in [0.05, 0.1) is 6.20 Å². The van der Waals surface area contributed by atoms with Crippen molar-refractivity contribution in [3.8, 4) is 5.75 Å². The summed E-state index contributed by atoms with van der Waals surface area (Å²) < 4.78 is 9.02. The minimum atomic E-state index is -0.433. The lowest BCUT2D eigenvalue weighted by atomic mass is 10.3. The Kier molecular flexibility index (Phi) is 5.97. The minimum Gasteiger partial charge on any atom is -0.487 e. The third-order valence-electron chi connectivity index (χ3n) is 3.89. The van der Waals surface area contributed by atoms with Gasteiger partial charge in [-0.3, -0.25) is 9.48 Å². The van der Waals surface area contributed by atoms with Gasteiger partial charge in [-0.1, -0.05) is 23.4 Å². The number of aryl methyl sites for hydroxylation is 1. The van der Waals surface area contributed by atoms with Gasteiger partial charge >= 0.3 is 0 Å². The van der Waals surface area contributed by atoms with Gasteiger partial charge in [0.15, 0.2) is 0 Å². The largest absolute Gasteiger partial charge is 0.487 e. The summed E-state index contributed by atoms with van der Waals surface area (Å²) in [7, 11) is 0. The highest BCUT2D eigenvalue weighted by atomic mass is 16.5. The summed E-state index contributed by atoms with van der Waals surface area (Å²) >= 11 is 0. The zero-order chi connectivity index (χ0) is 18.2. The molecule has 2 aromatic heterocycles. The van der Waals surface area contributed by atoms with Crippen LogP contribution in [-0.4, -0.2) is 37.2 Å². The monoisotopic (exact) mass is 354 g/mol. The average Bonchev–Trinajstić information content (AvgIpc) is 3.35. The van der Waals surface area contributed by atoms with Crippen LogP contribution in [0.1, 0.15) is 25.1 Å². The number of hydrogen-bond donors (Lipinski definition) is 1. The molecule has 3 rings (SSSR count). The van der Waals surface area contributed by atoms with Crippen molar-refractivity contribution < 1.29 is 9.53 Å². The molecule has 0 aliphatic heterocycles. The van der Waals surface area contributed by atoms with Crippen LogP contribution in [0.2, 0.25) is 0 Å². The molecular formula is C18H22N6O2. The van der Waals surface area contributed by atoms with Crippen LogP contribution in [0.4, 0.5) is 0 Å². The number of rotatable bonds is 9. The van der Waals surface area contributed by atoms with E-state index in [0.29, 0.717) is 18.8 Å². The lowest BCUT2D eigenvalue weighted by Gasteiger charge is -2.11. The van der Waals surface area contributed by atoms with Gasteiger partial charge in [0.1, 0.15) is 24.1 Å². The standard InChI is InChI=1S/C18H22N6O2/c1-15(18(25)19-9-5-11-23-12-6-10-20-23)24-13-16(21-22-24)14-26-17-7-3-2-4-8-17/h2-4,6-8,10,12-13,15H,5,9,11,14H2,1H3,(H,19,25). The Bertz CT molecular complexity index is 800. The predicted molar refractivity (Wildman–Crippen MR) is 95.4 cm³/mol. The lowest BCUT2D eigenvalue weighted by molar-refractivity contribution is -0.124. The fourth-order valence-corrected chi connectivity index (χ4v) is 2.40. The maximum Gasteiger partial charge on any atom is 0.244 e. The molecule has 1 unspecified atom stereocenters. The fraction of sp³-hybridized carbons (Fsp3) is 0.333. The second-order valence-electron chi connectivity index (χ2n) is 5.88. The smallest absolute Gasteiger partial charge is 0.244 e. The third-order valence-corrected chi connectivity index (χ3v) is 3.89. The molecule has 0 bridgehead atoms. The van der Waals surface area contributed by atoms with Crippen LogP contribution in [0.3, 0.4) is 0 Å². The summed E-state index contributed by atoms with van der Waals surface area (Å²) in [5.41, 5.74) is 0.673. The number of nitrogens with zero attached hydrogens (tertiary/aromatic N) is 5. The zero-order valence-electron chi connectivity index (χ0n) is 14.7. The van der Waals surface area contributed by atoms with Gasteiger partial charge in [0.2, 0.25) is 5.91 Å². The molecule has 1 atom stereocenters. The lowest BCUT2D eigenvalue weighted by Crippen LogP contribution is -2.32. The van der Waals surface area contributed by atoms with E-state index in [0.717, 1.165) is 18.7 Å². The van der Waals surface area contributed by atoms with Gasteiger partial charge < -0.3 is 10.1 Å². The quantitative estimate of drug-likeness (QED) is 0.592. The molecule has 1 amide bonds. The Labute approximate surface area is 151 Å². The Balaban J connectivity index is 1.42. The molecule has 0 aliphatic rings. The maximum absolute atomic E-state index is 12.2. The van der Waals surface area contributed by atoms with Gasteiger partial charge in [-0.15, -0.1) is 5.10 Å². The highest BCUT2D eigenvalue weighted by Crippen LogP contribution is 2.11. The van der Waals surface area contributed by atoms with Crippen molar-refractivity contribution in [2.45, 2.75) is 32.5 Å². The van der Waals surface area contributed by atoms with Gasteiger partial charge in [-0.25, -0.2) is 4.68 Å². The molecule has 8 heteroatoms. The topological polar surface area (TPSA) is 86.9 Å². The van der Waals surface area contributed by atoms with E-state index in [-0.39, 0.29) is 5.91 Å². The van der Waals surface area contributed by atoms with Crippen molar-refractivity contribution in [3.63, 3.8) is 0 Å². The number of benzene rings is 1. The first kappa shape index (κ1) is 17.7. The van der Waals surface area contributed by atoms with Crippen LogP contribution in [0.5, 0.6) is 5.75 Å². The summed E-state index contributed by atoms with van der Waals surface area (Å²) in [5.74, 6) is 0.677. The van der Waals surface area contributed by atoms with Crippen molar-refractivity contribution in [3.05, 3.63) is 60.7 Å². The van der Waals surface area contributed by atoms with Crippen LogP contribution in [0.15, 0.2) is 55.0 Å². The van der Waals surface area contributed by atoms with E-state index in [1.165, 1.54) is 0 Å². The maximum atomic E-state index is 12.2. The molecule has 0 aliphatic carbocycles. The Hall–Kier alpha value is -3.16. The Morgan fingerprint density at radius 3 is 2.88 bits per heavy atom. The van der Waals surface area contributed by atoms with Crippen molar-refractivity contribution in [2.75, 3.05) is 6.54 Å². The number of amides is 1. The molecule has 0 saturated carbocycles. The number of ether oxygens (including phenoxy) is 1. The summed E-state index contributed by atoms with van der Waals surface area (Å²) in [6, 6.07) is 10.9. The van der Waals surface area contributed by atoms with E-state index in [9.17, 15) is 4.79 Å². The van der Waals surface area contributed by atoms with Crippen LogP contribution in [-0.2, 0) is 17.9 Å². The SMILES string of the molecule is CC(C(=O)NCCCn1cccn1)n1cc(COc2ccccc2)nn1. The number of aromatic nitrogens is 5. The molecule has 2 heterocycles. The summed E-state index contributed by atoms with van der Waals surface area (Å²) in [6.45, 7) is 3.45. The predicted octanol–water partition coefficient (Wildman–Crippen LogP) is 1.82. The van der Waals surface area contributed by atoms with Crippen molar-refractivity contribution >= 4 is 5.91 Å². The van der Waals surface area contributed by atoms with Crippen LogP contribution in [0.25, 0.3) is 0 Å². The Morgan fingerprint density at radius 1 is 1.27 bits per heavy atom. The number of para-hydroxylation sites is 1. The molecule has 1 N–H and O–H groups in total. The highest BCUT2D eigenvalue weighted by Gasteiger charge is 2.16. The fourth-order valence-electron chi connectivity index (χ4n) is 2.40. The first-order valence-electron chi connectivity index (χ1n) is 8.56. The van der Waals surface area contributed by atoms with Gasteiger partial charge in [-0.2, -0.15) is 5.10 Å². The molecule has 0 radical (unpaired) electrons. The van der Waals surface area contributed by atoms with E-state index in [2.05, 4.69) is 20.7 Å². The molecule has 1 aromatic carbocycles. The number of nitrogens with one attached hydrogen (secondary N) is 1. The van der Waals surface area contributed by atoms with Gasteiger partial charge in [0.25, 0.3) is 0 Å². The molecule has 26 heavy (non-hydrogen) atoms. The summed E-state index contributed by atoms with van der Waals surface area (Å²) in [5, 5.41) is 15.1. The van der Waals surface area contributed by atoms with Crippen LogP contribution in [0, 0.1) is 0 Å². The van der Waals surface area contributed by atoms with Crippen molar-refractivity contribution in [1.82, 2.24) is 30.1 Å². The van der Waals surface area contributed by atoms with Crippen LogP contribution < -0.4 is 10.1 Å². The van der Waals surface area contributed by atoms with Crippen molar-refractivity contribution in [1.29, 1.82) is 0 Å². The molecule has 0 spiro atoms. The van der Waals surface area contributed by atoms with E-state index >= 15 is 0 Å². The molecule has 3 aromatic rings. The summed E-state index contributed by atoms with van der Waals surface area (Å²) in [6.07, 6.45) is 6.19. The van der Waals surface area contributed by atoms with E-state index in [1.54, 1.807) is 24.0 Å². The third kappa shape index (κ3) is 4.92. The highest BCUT2D eigenvalue weighted by molar-refractivity contribution is 5.79. The van der Waals surface area contributed by atoms with E-state index in [1.807, 2.05) is 47.3 Å². The van der Waals surface area contributed by atoms with E-state index in [4.69, 9.17) is 4.74 Å². The molecule has 8 nitrogen and oxygen atoms in total. The molecule has 0 saturated heterocycles. The Morgan fingerprint density at radius 2 is 2.12 bits per heavy atom. The number of hydrogen-bond acceptors (Lipinski definition) is 5.